The second-order valence-electron chi connectivity index (χ2n) is 7.67. The van der Waals surface area contributed by atoms with Crippen molar-refractivity contribution in [2.75, 3.05) is 11.9 Å². The summed E-state index contributed by atoms with van der Waals surface area (Å²) in [6.45, 7) is 1.62. The molecular weight excluding hydrogens is 404 g/mol. The maximum atomic E-state index is 13.0. The summed E-state index contributed by atoms with van der Waals surface area (Å²) < 4.78 is 0. The molecule has 0 aliphatic carbocycles. The first-order chi connectivity index (χ1) is 15.6. The Morgan fingerprint density at radius 3 is 2.44 bits per heavy atom. The zero-order valence-corrected chi connectivity index (χ0v) is 17.6. The lowest BCUT2D eigenvalue weighted by Gasteiger charge is -2.30. The largest absolute Gasteiger partial charge is 0.356 e. The Bertz CT molecular complexity index is 1130. The number of nitro benzene ring substituents is 1. The SMILES string of the molecule is O=C(Nc1ccccc1)c1cc([N+](=O)[O-])ccc1N=C1CCCCN1Cc1ccccc1. The van der Waals surface area contributed by atoms with E-state index in [1.165, 1.54) is 17.7 Å². The van der Waals surface area contributed by atoms with Crippen molar-refractivity contribution in [2.45, 2.75) is 25.8 Å². The van der Waals surface area contributed by atoms with Gasteiger partial charge in [-0.1, -0.05) is 48.5 Å². The molecule has 1 aliphatic heterocycles. The number of anilines is 1. The average molecular weight is 428 g/mol. The lowest BCUT2D eigenvalue weighted by Crippen LogP contribution is -2.34. The van der Waals surface area contributed by atoms with Crippen LogP contribution < -0.4 is 5.32 Å². The predicted molar refractivity (Wildman–Crippen MR) is 125 cm³/mol. The number of piperidine rings is 1. The van der Waals surface area contributed by atoms with Crippen LogP contribution >= 0.6 is 0 Å². The van der Waals surface area contributed by atoms with E-state index in [9.17, 15) is 14.9 Å². The molecule has 3 aromatic carbocycles. The van der Waals surface area contributed by atoms with E-state index in [1.807, 2.05) is 36.4 Å². The summed E-state index contributed by atoms with van der Waals surface area (Å²) in [5.41, 5.74) is 2.27. The normalized spacial score (nSPS) is 14.9. The number of hydrogen-bond acceptors (Lipinski definition) is 4. The van der Waals surface area contributed by atoms with E-state index < -0.39 is 10.8 Å². The predicted octanol–water partition coefficient (Wildman–Crippen LogP) is 5.56. The third kappa shape index (κ3) is 5.18. The molecule has 1 N–H and O–H groups in total. The molecule has 0 aromatic heterocycles. The van der Waals surface area contributed by atoms with E-state index in [4.69, 9.17) is 4.99 Å². The number of nitrogens with one attached hydrogen (secondary N) is 1. The molecule has 1 fully saturated rings. The third-order valence-electron chi connectivity index (χ3n) is 5.38. The number of nitro groups is 1. The first-order valence-electron chi connectivity index (χ1n) is 10.6. The monoisotopic (exact) mass is 428 g/mol. The van der Waals surface area contributed by atoms with Gasteiger partial charge in [-0.05, 0) is 36.6 Å². The molecule has 1 saturated heterocycles. The Balaban J connectivity index is 1.67. The molecule has 0 unspecified atom stereocenters. The number of amides is 1. The standard InChI is InChI=1S/C25H24N4O3/c30-25(26-20-11-5-2-6-12-20)22-17-21(29(31)32)14-15-23(22)27-24-13-7-8-16-28(24)18-19-9-3-1-4-10-19/h1-6,9-12,14-15,17H,7-8,13,16,18H2,(H,26,30). The van der Waals surface area contributed by atoms with Crippen molar-refractivity contribution in [1.29, 1.82) is 0 Å². The van der Waals surface area contributed by atoms with Gasteiger partial charge in [-0.2, -0.15) is 0 Å². The topological polar surface area (TPSA) is 87.8 Å². The molecule has 7 heteroatoms. The number of para-hydroxylation sites is 1. The number of aliphatic imine (C=N–C) groups is 1. The Kier molecular flexibility index (Phi) is 6.55. The highest BCUT2D eigenvalue weighted by Crippen LogP contribution is 2.28. The highest BCUT2D eigenvalue weighted by Gasteiger charge is 2.21. The maximum Gasteiger partial charge on any atom is 0.270 e. The number of carbonyl (C=O) groups excluding carboxylic acids is 1. The number of likely N-dealkylation sites (tertiary alicyclic amines) is 1. The summed E-state index contributed by atoms with van der Waals surface area (Å²) in [5.74, 6) is 0.465. The van der Waals surface area contributed by atoms with Crippen molar-refractivity contribution in [2.24, 2.45) is 4.99 Å². The molecule has 162 valence electrons. The van der Waals surface area contributed by atoms with E-state index >= 15 is 0 Å². The second-order valence-corrected chi connectivity index (χ2v) is 7.67. The fraction of sp³-hybridized carbons (Fsp3) is 0.200. The molecule has 0 atom stereocenters. The fourth-order valence-electron chi connectivity index (χ4n) is 3.75. The van der Waals surface area contributed by atoms with Gasteiger partial charge in [0.2, 0.25) is 0 Å². The summed E-state index contributed by atoms with van der Waals surface area (Å²) in [6.07, 6.45) is 2.89. The average Bonchev–Trinajstić information content (AvgIpc) is 2.82. The maximum absolute atomic E-state index is 13.0. The van der Waals surface area contributed by atoms with Gasteiger partial charge < -0.3 is 10.2 Å². The zero-order valence-electron chi connectivity index (χ0n) is 17.6. The minimum absolute atomic E-state index is 0.142. The lowest BCUT2D eigenvalue weighted by atomic mass is 10.1. The first kappa shape index (κ1) is 21.2. The molecule has 1 amide bonds. The summed E-state index contributed by atoms with van der Waals surface area (Å²) in [5, 5.41) is 14.1. The second kappa shape index (κ2) is 9.87. The Morgan fingerprint density at radius 2 is 1.72 bits per heavy atom. The summed E-state index contributed by atoms with van der Waals surface area (Å²) >= 11 is 0. The fourth-order valence-corrected chi connectivity index (χ4v) is 3.75. The van der Waals surface area contributed by atoms with Crippen LogP contribution in [0.5, 0.6) is 0 Å². The number of rotatable bonds is 6. The van der Waals surface area contributed by atoms with Crippen LogP contribution in [0, 0.1) is 10.1 Å². The van der Waals surface area contributed by atoms with Gasteiger partial charge in [0, 0.05) is 37.3 Å². The number of benzene rings is 3. The molecule has 4 rings (SSSR count). The minimum atomic E-state index is -0.501. The van der Waals surface area contributed by atoms with Crippen LogP contribution in [0.25, 0.3) is 0 Å². The van der Waals surface area contributed by atoms with E-state index in [0.29, 0.717) is 11.4 Å². The highest BCUT2D eigenvalue weighted by molar-refractivity contribution is 6.08. The van der Waals surface area contributed by atoms with Crippen LogP contribution in [-0.4, -0.2) is 28.1 Å². The van der Waals surface area contributed by atoms with Gasteiger partial charge in [-0.3, -0.25) is 14.9 Å². The van der Waals surface area contributed by atoms with Crippen molar-refractivity contribution in [3.8, 4) is 0 Å². The van der Waals surface area contributed by atoms with E-state index in [2.05, 4.69) is 22.3 Å². The van der Waals surface area contributed by atoms with Crippen LogP contribution in [0.15, 0.2) is 83.9 Å². The van der Waals surface area contributed by atoms with E-state index in [-0.39, 0.29) is 11.3 Å². The molecule has 7 nitrogen and oxygen atoms in total. The number of carbonyl (C=O) groups is 1. The molecule has 0 spiro atoms. The molecule has 0 bridgehead atoms. The van der Waals surface area contributed by atoms with Gasteiger partial charge in [-0.25, -0.2) is 4.99 Å². The summed E-state index contributed by atoms with van der Waals surface area (Å²) in [7, 11) is 0. The number of hydrogen-bond donors (Lipinski definition) is 1. The number of amidine groups is 1. The minimum Gasteiger partial charge on any atom is -0.356 e. The van der Waals surface area contributed by atoms with Crippen molar-refractivity contribution in [3.05, 3.63) is 100 Å². The molecular formula is C25H24N4O3. The molecule has 0 saturated carbocycles. The molecule has 1 aliphatic rings. The first-order valence-corrected chi connectivity index (χ1v) is 10.6. The van der Waals surface area contributed by atoms with E-state index in [1.54, 1.807) is 18.2 Å². The van der Waals surface area contributed by atoms with Gasteiger partial charge in [-0.15, -0.1) is 0 Å². The van der Waals surface area contributed by atoms with Gasteiger partial charge in [0.25, 0.3) is 11.6 Å². The van der Waals surface area contributed by atoms with Crippen LogP contribution in [0.1, 0.15) is 35.2 Å². The molecule has 0 radical (unpaired) electrons. The molecule has 32 heavy (non-hydrogen) atoms. The summed E-state index contributed by atoms with van der Waals surface area (Å²) in [4.78, 5) is 30.9. The van der Waals surface area contributed by atoms with Gasteiger partial charge in [0.05, 0.1) is 16.2 Å². The smallest absolute Gasteiger partial charge is 0.270 e. The quantitative estimate of drug-likeness (QED) is 0.411. The van der Waals surface area contributed by atoms with E-state index in [0.717, 1.165) is 38.2 Å². The van der Waals surface area contributed by atoms with Gasteiger partial charge in [0.15, 0.2) is 0 Å². The Labute approximate surface area is 186 Å². The van der Waals surface area contributed by atoms with Gasteiger partial charge in [0.1, 0.15) is 5.84 Å². The summed E-state index contributed by atoms with van der Waals surface area (Å²) in [6, 6.07) is 23.4. The third-order valence-corrected chi connectivity index (χ3v) is 5.38. The highest BCUT2D eigenvalue weighted by atomic mass is 16.6. The van der Waals surface area contributed by atoms with Crippen molar-refractivity contribution in [3.63, 3.8) is 0 Å². The number of non-ortho nitro benzene ring substituents is 1. The Morgan fingerprint density at radius 1 is 1.00 bits per heavy atom. The van der Waals surface area contributed by atoms with Crippen LogP contribution in [0.4, 0.5) is 17.1 Å². The number of nitrogens with zero attached hydrogens (tertiary/aromatic N) is 3. The van der Waals surface area contributed by atoms with Crippen LogP contribution in [0.2, 0.25) is 0 Å². The Hall–Kier alpha value is -4.00. The zero-order chi connectivity index (χ0) is 22.3. The van der Waals surface area contributed by atoms with Crippen LogP contribution in [0.3, 0.4) is 0 Å². The van der Waals surface area contributed by atoms with Gasteiger partial charge >= 0.3 is 0 Å². The van der Waals surface area contributed by atoms with Crippen molar-refractivity contribution >= 4 is 28.8 Å². The van der Waals surface area contributed by atoms with Crippen molar-refractivity contribution in [1.82, 2.24) is 4.90 Å². The molecule has 3 aromatic rings. The van der Waals surface area contributed by atoms with Crippen molar-refractivity contribution < 1.29 is 9.72 Å². The van der Waals surface area contributed by atoms with Crippen LogP contribution in [-0.2, 0) is 6.54 Å². The molecule has 1 heterocycles. The lowest BCUT2D eigenvalue weighted by molar-refractivity contribution is -0.384.